The van der Waals surface area contributed by atoms with Gasteiger partial charge in [-0.15, -0.1) is 0 Å². The first-order chi connectivity index (χ1) is 11.9. The molecule has 1 saturated heterocycles. The number of amides is 1. The van der Waals surface area contributed by atoms with E-state index in [0.717, 1.165) is 32.4 Å². The zero-order valence-corrected chi connectivity index (χ0v) is 15.7. The number of likely N-dealkylation sites (tertiary alicyclic amines) is 1. The Bertz CT molecular complexity index is 559. The average Bonchev–Trinajstić information content (AvgIpc) is 2.58. The van der Waals surface area contributed by atoms with Gasteiger partial charge in [0, 0.05) is 32.1 Å². The molecule has 2 heterocycles. The van der Waals surface area contributed by atoms with Gasteiger partial charge in [0.15, 0.2) is 0 Å². The maximum Gasteiger partial charge on any atom is 0.410 e. The van der Waals surface area contributed by atoms with E-state index in [2.05, 4.69) is 9.97 Å². The van der Waals surface area contributed by atoms with Crippen LogP contribution in [-0.2, 0) is 16.1 Å². The number of hydrogen-bond donors (Lipinski definition) is 0. The van der Waals surface area contributed by atoms with Crippen molar-refractivity contribution < 1.29 is 19.0 Å². The Morgan fingerprint density at radius 1 is 1.32 bits per heavy atom. The first kappa shape index (κ1) is 19.4. The second-order valence-corrected chi connectivity index (χ2v) is 7.29. The van der Waals surface area contributed by atoms with E-state index < -0.39 is 5.60 Å². The first-order valence-electron chi connectivity index (χ1n) is 8.78. The number of methoxy groups -OCH3 is 1. The van der Waals surface area contributed by atoms with Crippen molar-refractivity contribution in [3.8, 4) is 5.88 Å². The average molecular weight is 351 g/mol. The molecule has 25 heavy (non-hydrogen) atoms. The van der Waals surface area contributed by atoms with Gasteiger partial charge in [0.05, 0.1) is 13.7 Å². The second kappa shape index (κ2) is 8.99. The zero-order valence-electron chi connectivity index (χ0n) is 15.7. The molecule has 2 rings (SSSR count). The van der Waals surface area contributed by atoms with E-state index in [-0.39, 0.29) is 6.09 Å². The van der Waals surface area contributed by atoms with Gasteiger partial charge in [-0.25, -0.2) is 9.78 Å². The molecule has 1 atom stereocenters. The summed E-state index contributed by atoms with van der Waals surface area (Å²) in [5.74, 6) is 0.932. The minimum atomic E-state index is -0.455. The molecule has 0 spiro atoms. The topological polar surface area (TPSA) is 73.8 Å². The van der Waals surface area contributed by atoms with Gasteiger partial charge in [0.2, 0.25) is 5.88 Å². The molecule has 7 heteroatoms. The van der Waals surface area contributed by atoms with Crippen LogP contribution in [0.25, 0.3) is 0 Å². The molecule has 1 aromatic rings. The molecule has 0 unspecified atom stereocenters. The summed E-state index contributed by atoms with van der Waals surface area (Å²) in [7, 11) is 1.57. The van der Waals surface area contributed by atoms with Crippen LogP contribution in [0.4, 0.5) is 4.79 Å². The molecule has 1 aliphatic rings. The van der Waals surface area contributed by atoms with Crippen LogP contribution in [0.3, 0.4) is 0 Å². The van der Waals surface area contributed by atoms with Crippen LogP contribution in [0.15, 0.2) is 12.4 Å². The van der Waals surface area contributed by atoms with Gasteiger partial charge in [-0.3, -0.25) is 4.98 Å². The molecule has 0 radical (unpaired) electrons. The fourth-order valence-electron chi connectivity index (χ4n) is 2.84. The van der Waals surface area contributed by atoms with Crippen LogP contribution < -0.4 is 4.74 Å². The molecule has 0 N–H and O–H groups in total. The second-order valence-electron chi connectivity index (χ2n) is 7.29. The van der Waals surface area contributed by atoms with Crippen molar-refractivity contribution in [1.82, 2.24) is 14.9 Å². The molecule has 1 amide bonds. The molecule has 1 fully saturated rings. The lowest BCUT2D eigenvalue weighted by Gasteiger charge is -2.34. The molecule has 7 nitrogen and oxygen atoms in total. The summed E-state index contributed by atoms with van der Waals surface area (Å²) in [4.78, 5) is 22.3. The van der Waals surface area contributed by atoms with E-state index in [1.807, 2.05) is 25.7 Å². The quantitative estimate of drug-likeness (QED) is 0.734. The highest BCUT2D eigenvalue weighted by Gasteiger charge is 2.27. The molecule has 0 saturated carbocycles. The SMILES string of the molecule is COc1nccnc1COCC[C@H]1CCCN(C(=O)OC(C)(C)C)C1. The van der Waals surface area contributed by atoms with Crippen LogP contribution in [0, 0.1) is 5.92 Å². The summed E-state index contributed by atoms with van der Waals surface area (Å²) in [5, 5.41) is 0. The van der Waals surface area contributed by atoms with E-state index >= 15 is 0 Å². The van der Waals surface area contributed by atoms with Crippen LogP contribution in [0.2, 0.25) is 0 Å². The lowest BCUT2D eigenvalue weighted by molar-refractivity contribution is 0.0134. The standard InChI is InChI=1S/C18H29N3O4/c1-18(2,3)25-17(22)21-10-5-6-14(12-21)7-11-24-13-15-16(23-4)20-9-8-19-15/h8-9,14H,5-7,10-13H2,1-4H3/t14-/m1/s1. The first-order valence-corrected chi connectivity index (χ1v) is 8.78. The highest BCUT2D eigenvalue weighted by molar-refractivity contribution is 5.68. The molecular formula is C18H29N3O4. The minimum absolute atomic E-state index is 0.220. The fourth-order valence-corrected chi connectivity index (χ4v) is 2.84. The number of piperidine rings is 1. The van der Waals surface area contributed by atoms with Crippen molar-refractivity contribution in [2.24, 2.45) is 5.92 Å². The van der Waals surface area contributed by atoms with E-state index in [0.29, 0.717) is 30.7 Å². The normalized spacial score (nSPS) is 18.1. The van der Waals surface area contributed by atoms with E-state index in [1.54, 1.807) is 19.5 Å². The third-order valence-corrected chi connectivity index (χ3v) is 4.01. The van der Waals surface area contributed by atoms with E-state index in [9.17, 15) is 4.79 Å². The Hall–Kier alpha value is -1.89. The summed E-state index contributed by atoms with van der Waals surface area (Å²) < 4.78 is 16.3. The molecule has 1 aliphatic heterocycles. The van der Waals surface area contributed by atoms with Crippen molar-refractivity contribution in [3.05, 3.63) is 18.1 Å². The van der Waals surface area contributed by atoms with Crippen molar-refractivity contribution in [3.63, 3.8) is 0 Å². The number of carbonyl (C=O) groups excluding carboxylic acids is 1. The Morgan fingerprint density at radius 2 is 2.08 bits per heavy atom. The molecule has 1 aromatic heterocycles. The number of ether oxygens (including phenoxy) is 3. The van der Waals surface area contributed by atoms with Crippen LogP contribution in [0.1, 0.15) is 45.7 Å². The number of carbonyl (C=O) groups is 1. The van der Waals surface area contributed by atoms with Gasteiger partial charge in [0.1, 0.15) is 11.3 Å². The van der Waals surface area contributed by atoms with Gasteiger partial charge in [-0.1, -0.05) is 0 Å². The monoisotopic (exact) mass is 351 g/mol. The molecule has 0 aromatic carbocycles. The molecule has 140 valence electrons. The largest absolute Gasteiger partial charge is 0.480 e. The Morgan fingerprint density at radius 3 is 2.80 bits per heavy atom. The summed E-state index contributed by atoms with van der Waals surface area (Å²) in [6.45, 7) is 8.16. The van der Waals surface area contributed by atoms with Crippen molar-refractivity contribution in [2.45, 2.75) is 52.2 Å². The van der Waals surface area contributed by atoms with Crippen molar-refractivity contribution >= 4 is 6.09 Å². The van der Waals surface area contributed by atoms with Gasteiger partial charge < -0.3 is 19.1 Å². The zero-order chi connectivity index (χ0) is 18.3. The summed E-state index contributed by atoms with van der Waals surface area (Å²) in [5.41, 5.74) is 0.243. The fraction of sp³-hybridized carbons (Fsp3) is 0.722. The summed E-state index contributed by atoms with van der Waals surface area (Å²) in [6.07, 6.45) is 6.01. The van der Waals surface area contributed by atoms with Crippen LogP contribution in [-0.4, -0.2) is 53.4 Å². The molecule has 0 aliphatic carbocycles. The lowest BCUT2D eigenvalue weighted by atomic mass is 9.95. The van der Waals surface area contributed by atoms with Crippen LogP contribution >= 0.6 is 0 Å². The molecular weight excluding hydrogens is 322 g/mol. The van der Waals surface area contributed by atoms with Gasteiger partial charge >= 0.3 is 6.09 Å². The predicted octanol–water partition coefficient (Wildman–Crippen LogP) is 3.04. The van der Waals surface area contributed by atoms with E-state index in [1.165, 1.54) is 0 Å². The van der Waals surface area contributed by atoms with Crippen molar-refractivity contribution in [1.29, 1.82) is 0 Å². The maximum atomic E-state index is 12.2. The minimum Gasteiger partial charge on any atom is -0.480 e. The van der Waals surface area contributed by atoms with Crippen LogP contribution in [0.5, 0.6) is 5.88 Å². The summed E-state index contributed by atoms with van der Waals surface area (Å²) >= 11 is 0. The highest BCUT2D eigenvalue weighted by Crippen LogP contribution is 2.22. The Labute approximate surface area is 149 Å². The number of nitrogens with zero attached hydrogens (tertiary/aromatic N) is 3. The predicted molar refractivity (Wildman–Crippen MR) is 93.4 cm³/mol. The summed E-state index contributed by atoms with van der Waals surface area (Å²) in [6, 6.07) is 0. The third kappa shape index (κ3) is 6.49. The highest BCUT2D eigenvalue weighted by atomic mass is 16.6. The van der Waals surface area contributed by atoms with E-state index in [4.69, 9.17) is 14.2 Å². The van der Waals surface area contributed by atoms with Gasteiger partial charge in [-0.05, 0) is 46.0 Å². The van der Waals surface area contributed by atoms with Crippen molar-refractivity contribution in [2.75, 3.05) is 26.8 Å². The van der Waals surface area contributed by atoms with Gasteiger partial charge in [-0.2, -0.15) is 0 Å². The molecule has 0 bridgehead atoms. The Balaban J connectivity index is 1.73. The maximum absolute atomic E-state index is 12.2. The van der Waals surface area contributed by atoms with Gasteiger partial charge in [0.25, 0.3) is 0 Å². The smallest absolute Gasteiger partial charge is 0.410 e. The number of rotatable bonds is 6. The Kier molecular flexibility index (Phi) is 6.99. The third-order valence-electron chi connectivity index (χ3n) is 4.01. The number of aromatic nitrogens is 2. The number of hydrogen-bond acceptors (Lipinski definition) is 6. The lowest BCUT2D eigenvalue weighted by Crippen LogP contribution is -2.43.